The molecular formula is C16H26N2O. The molecule has 106 valence electrons. The number of amides is 1. The van der Waals surface area contributed by atoms with Gasteiger partial charge in [-0.25, -0.2) is 0 Å². The molecule has 0 heterocycles. The number of nitrogens with zero attached hydrogens (tertiary/aromatic N) is 1. The van der Waals surface area contributed by atoms with E-state index in [0.29, 0.717) is 12.5 Å². The van der Waals surface area contributed by atoms with E-state index in [9.17, 15) is 4.79 Å². The smallest absolute Gasteiger partial charge is 0.223 e. The molecule has 0 saturated carbocycles. The highest BCUT2D eigenvalue weighted by molar-refractivity contribution is 5.75. The number of carbonyl (C=O) groups is 1. The van der Waals surface area contributed by atoms with Crippen molar-refractivity contribution in [1.82, 2.24) is 10.2 Å². The van der Waals surface area contributed by atoms with E-state index in [4.69, 9.17) is 0 Å². The summed E-state index contributed by atoms with van der Waals surface area (Å²) in [5.74, 6) is 0.176. The van der Waals surface area contributed by atoms with Crippen LogP contribution in [0.4, 0.5) is 0 Å². The Balaban J connectivity index is 2.49. The van der Waals surface area contributed by atoms with Crippen molar-refractivity contribution in [3.05, 3.63) is 35.9 Å². The largest absolute Gasteiger partial charge is 0.349 e. The van der Waals surface area contributed by atoms with Gasteiger partial charge in [0.15, 0.2) is 0 Å². The van der Waals surface area contributed by atoms with Crippen LogP contribution in [0.5, 0.6) is 0 Å². The number of carbonyl (C=O) groups excluding carboxylic acids is 1. The highest BCUT2D eigenvalue weighted by Gasteiger charge is 2.11. The molecule has 0 aliphatic carbocycles. The number of nitrogens with one attached hydrogen (secondary N) is 1. The quantitative estimate of drug-likeness (QED) is 0.781. The van der Waals surface area contributed by atoms with Crippen molar-refractivity contribution in [1.29, 1.82) is 0 Å². The van der Waals surface area contributed by atoms with Crippen LogP contribution in [0.2, 0.25) is 0 Å². The van der Waals surface area contributed by atoms with Crippen molar-refractivity contribution in [3.63, 3.8) is 0 Å². The summed E-state index contributed by atoms with van der Waals surface area (Å²) >= 11 is 0. The van der Waals surface area contributed by atoms with Crippen LogP contribution in [0, 0.1) is 0 Å². The Hall–Kier alpha value is -1.35. The van der Waals surface area contributed by atoms with Crippen molar-refractivity contribution in [2.24, 2.45) is 0 Å². The van der Waals surface area contributed by atoms with Gasteiger partial charge in [-0.15, -0.1) is 0 Å². The third-order valence-electron chi connectivity index (χ3n) is 3.28. The fraction of sp³-hybridized carbons (Fsp3) is 0.562. The summed E-state index contributed by atoms with van der Waals surface area (Å²) in [5, 5.41) is 3.51. The van der Waals surface area contributed by atoms with E-state index < -0.39 is 0 Å². The highest BCUT2D eigenvalue weighted by Crippen LogP contribution is 2.18. The molecule has 1 unspecified atom stereocenters. The third kappa shape index (κ3) is 5.88. The molecule has 0 saturated heterocycles. The molecule has 0 bridgehead atoms. The number of unbranched alkanes of at least 4 members (excludes halogenated alkanes) is 1. The number of hydrogen-bond acceptors (Lipinski definition) is 2. The van der Waals surface area contributed by atoms with Crippen LogP contribution >= 0.6 is 0 Å². The molecule has 3 heteroatoms. The Labute approximate surface area is 117 Å². The van der Waals surface area contributed by atoms with Gasteiger partial charge in [0.25, 0.3) is 0 Å². The van der Waals surface area contributed by atoms with Gasteiger partial charge in [-0.1, -0.05) is 50.1 Å². The molecule has 0 fully saturated rings. The molecule has 0 radical (unpaired) electrons. The van der Waals surface area contributed by atoms with Crippen LogP contribution in [0.1, 0.15) is 44.2 Å². The van der Waals surface area contributed by atoms with Gasteiger partial charge in [0.05, 0.1) is 0 Å². The first-order valence-electron chi connectivity index (χ1n) is 7.13. The summed E-state index contributed by atoms with van der Waals surface area (Å²) in [6, 6.07) is 10.8. The maximum Gasteiger partial charge on any atom is 0.223 e. The Kier molecular flexibility index (Phi) is 7.19. The fourth-order valence-corrected chi connectivity index (χ4v) is 2.06. The summed E-state index contributed by atoms with van der Waals surface area (Å²) in [6.45, 7) is 2.94. The van der Waals surface area contributed by atoms with Gasteiger partial charge in [0.2, 0.25) is 5.91 Å². The number of benzene rings is 1. The van der Waals surface area contributed by atoms with Crippen molar-refractivity contribution in [3.8, 4) is 0 Å². The summed E-state index contributed by atoms with van der Waals surface area (Å²) in [4.78, 5) is 13.2. The van der Waals surface area contributed by atoms with E-state index in [-0.39, 0.29) is 5.91 Å². The average Bonchev–Trinajstić information content (AvgIpc) is 2.43. The first-order valence-corrected chi connectivity index (χ1v) is 7.13. The van der Waals surface area contributed by atoms with E-state index >= 15 is 0 Å². The molecule has 0 aromatic heterocycles. The first-order chi connectivity index (χ1) is 9.15. The summed E-state index contributed by atoms with van der Waals surface area (Å²) < 4.78 is 0. The zero-order valence-electron chi connectivity index (χ0n) is 12.4. The molecule has 1 atom stereocenters. The molecule has 1 aromatic rings. The summed E-state index contributed by atoms with van der Waals surface area (Å²) in [5.41, 5.74) is 1.31. The predicted molar refractivity (Wildman–Crippen MR) is 80.0 cm³/mol. The van der Waals surface area contributed by atoms with Gasteiger partial charge in [-0.3, -0.25) is 4.79 Å². The molecule has 1 rings (SSSR count). The Bertz CT molecular complexity index is 362. The van der Waals surface area contributed by atoms with E-state index in [1.54, 1.807) is 19.0 Å². The molecule has 19 heavy (non-hydrogen) atoms. The summed E-state index contributed by atoms with van der Waals surface area (Å²) in [7, 11) is 3.60. The maximum atomic E-state index is 11.6. The average molecular weight is 262 g/mol. The lowest BCUT2D eigenvalue weighted by Gasteiger charge is -2.19. The lowest BCUT2D eigenvalue weighted by Crippen LogP contribution is -2.29. The van der Waals surface area contributed by atoms with Gasteiger partial charge < -0.3 is 10.2 Å². The monoisotopic (exact) mass is 262 g/mol. The van der Waals surface area contributed by atoms with E-state index in [2.05, 4.69) is 36.5 Å². The molecule has 1 aromatic carbocycles. The summed E-state index contributed by atoms with van der Waals surface area (Å²) in [6.07, 6.45) is 4.08. The molecule has 0 aliphatic rings. The second-order valence-corrected chi connectivity index (χ2v) is 5.10. The van der Waals surface area contributed by atoms with Gasteiger partial charge >= 0.3 is 0 Å². The van der Waals surface area contributed by atoms with Gasteiger partial charge in [-0.05, 0) is 12.0 Å². The Morgan fingerprint density at radius 1 is 1.26 bits per heavy atom. The van der Waals surface area contributed by atoms with Gasteiger partial charge in [0.1, 0.15) is 0 Å². The van der Waals surface area contributed by atoms with Crippen LogP contribution < -0.4 is 5.32 Å². The first kappa shape index (κ1) is 15.7. The minimum atomic E-state index is 0.176. The SMILES string of the molecule is CCCCC(NCCC(=O)N(C)C)c1ccccc1. The standard InChI is InChI=1S/C16H26N2O/c1-4-5-11-15(14-9-7-6-8-10-14)17-13-12-16(19)18(2)3/h6-10,15,17H,4-5,11-13H2,1-3H3. The Morgan fingerprint density at radius 3 is 2.53 bits per heavy atom. The van der Waals surface area contributed by atoms with E-state index in [0.717, 1.165) is 13.0 Å². The number of hydrogen-bond donors (Lipinski definition) is 1. The zero-order chi connectivity index (χ0) is 14.1. The second kappa shape index (κ2) is 8.70. The molecule has 1 N–H and O–H groups in total. The second-order valence-electron chi connectivity index (χ2n) is 5.10. The molecule has 1 amide bonds. The van der Waals surface area contributed by atoms with Crippen molar-refractivity contribution in [2.45, 2.75) is 38.6 Å². The lowest BCUT2D eigenvalue weighted by molar-refractivity contribution is -0.128. The lowest BCUT2D eigenvalue weighted by atomic mass is 10.0. The maximum absolute atomic E-state index is 11.6. The highest BCUT2D eigenvalue weighted by atomic mass is 16.2. The van der Waals surface area contributed by atoms with Gasteiger partial charge in [-0.2, -0.15) is 0 Å². The van der Waals surface area contributed by atoms with Crippen molar-refractivity contribution < 1.29 is 4.79 Å². The zero-order valence-corrected chi connectivity index (χ0v) is 12.4. The van der Waals surface area contributed by atoms with Gasteiger partial charge in [0, 0.05) is 33.1 Å². The van der Waals surface area contributed by atoms with Crippen LogP contribution in [-0.4, -0.2) is 31.4 Å². The predicted octanol–water partition coefficient (Wildman–Crippen LogP) is 2.99. The molecule has 3 nitrogen and oxygen atoms in total. The molecule has 0 aliphatic heterocycles. The van der Waals surface area contributed by atoms with Crippen molar-refractivity contribution in [2.75, 3.05) is 20.6 Å². The van der Waals surface area contributed by atoms with Crippen LogP contribution in [-0.2, 0) is 4.79 Å². The topological polar surface area (TPSA) is 32.3 Å². The normalized spacial score (nSPS) is 12.2. The van der Waals surface area contributed by atoms with Crippen molar-refractivity contribution >= 4 is 5.91 Å². The van der Waals surface area contributed by atoms with Crippen LogP contribution in [0.15, 0.2) is 30.3 Å². The minimum absolute atomic E-state index is 0.176. The fourth-order valence-electron chi connectivity index (χ4n) is 2.06. The van der Waals surface area contributed by atoms with Crippen LogP contribution in [0.3, 0.4) is 0 Å². The Morgan fingerprint density at radius 2 is 1.95 bits per heavy atom. The van der Waals surface area contributed by atoms with Crippen LogP contribution in [0.25, 0.3) is 0 Å². The number of rotatable bonds is 8. The molecular weight excluding hydrogens is 236 g/mol. The molecule has 0 spiro atoms. The minimum Gasteiger partial charge on any atom is -0.349 e. The van der Waals surface area contributed by atoms with E-state index in [1.165, 1.54) is 18.4 Å². The third-order valence-corrected chi connectivity index (χ3v) is 3.28. The van der Waals surface area contributed by atoms with E-state index in [1.807, 2.05) is 6.07 Å².